The van der Waals surface area contributed by atoms with E-state index in [9.17, 15) is 14.4 Å². The Bertz CT molecular complexity index is 718. The molecule has 8 nitrogen and oxygen atoms in total. The third-order valence-corrected chi connectivity index (χ3v) is 4.11. The van der Waals surface area contributed by atoms with Crippen molar-refractivity contribution in [1.29, 1.82) is 0 Å². The fourth-order valence-corrected chi connectivity index (χ4v) is 3.05. The molecule has 8 heteroatoms. The van der Waals surface area contributed by atoms with Crippen molar-refractivity contribution in [3.8, 4) is 0 Å². The summed E-state index contributed by atoms with van der Waals surface area (Å²) < 4.78 is 4.70. The number of esters is 1. The Balaban J connectivity index is 2.22. The average molecular weight is 344 g/mol. The van der Waals surface area contributed by atoms with Crippen molar-refractivity contribution in [2.75, 3.05) is 13.7 Å². The van der Waals surface area contributed by atoms with E-state index < -0.39 is 11.5 Å². The van der Waals surface area contributed by atoms with Gasteiger partial charge < -0.3 is 4.74 Å². The molecule has 1 unspecified atom stereocenters. The molecule has 25 heavy (non-hydrogen) atoms. The molecule has 1 aliphatic rings. The topological polar surface area (TPSA) is 112 Å². The Morgan fingerprint density at radius 3 is 2.32 bits per heavy atom. The molecule has 1 aromatic carbocycles. The first-order valence-corrected chi connectivity index (χ1v) is 7.87. The van der Waals surface area contributed by atoms with E-state index in [1.165, 1.54) is 7.11 Å². The summed E-state index contributed by atoms with van der Waals surface area (Å²) in [6, 6.07) is 6.61. The van der Waals surface area contributed by atoms with Gasteiger partial charge in [-0.15, -0.1) is 0 Å². The highest BCUT2D eigenvalue weighted by atomic mass is 16.5. The van der Waals surface area contributed by atoms with Gasteiger partial charge in [0, 0.05) is 17.0 Å². The maximum Gasteiger partial charge on any atom is 0.305 e. The van der Waals surface area contributed by atoms with Gasteiger partial charge in [0.05, 0.1) is 24.7 Å². The number of hydrogen-bond acceptors (Lipinski definition) is 5. The SMILES string of the molecule is COC(=O)CC(CN1C(=O)c2ccccc2C1=O)CC(C)(C)N=[N+]=[N-]. The Morgan fingerprint density at radius 2 is 1.84 bits per heavy atom. The van der Waals surface area contributed by atoms with Gasteiger partial charge in [-0.25, -0.2) is 0 Å². The van der Waals surface area contributed by atoms with E-state index in [1.807, 2.05) is 0 Å². The highest BCUT2D eigenvalue weighted by molar-refractivity contribution is 6.21. The average Bonchev–Trinajstić information content (AvgIpc) is 2.79. The van der Waals surface area contributed by atoms with Crippen LogP contribution >= 0.6 is 0 Å². The molecule has 0 saturated carbocycles. The molecular weight excluding hydrogens is 324 g/mol. The van der Waals surface area contributed by atoms with Crippen LogP contribution in [0.5, 0.6) is 0 Å². The normalized spacial score (nSPS) is 14.8. The summed E-state index contributed by atoms with van der Waals surface area (Å²) >= 11 is 0. The molecule has 0 fully saturated rings. The molecule has 0 aromatic heterocycles. The summed E-state index contributed by atoms with van der Waals surface area (Å²) in [5, 5.41) is 3.72. The van der Waals surface area contributed by atoms with Gasteiger partial charge in [0.15, 0.2) is 0 Å². The maximum atomic E-state index is 12.5. The van der Waals surface area contributed by atoms with E-state index in [-0.39, 0.29) is 30.7 Å². The van der Waals surface area contributed by atoms with Crippen LogP contribution in [0.3, 0.4) is 0 Å². The molecule has 132 valence electrons. The first-order valence-electron chi connectivity index (χ1n) is 7.87. The molecule has 0 saturated heterocycles. The van der Waals surface area contributed by atoms with Crippen molar-refractivity contribution in [2.24, 2.45) is 11.0 Å². The molecule has 0 N–H and O–H groups in total. The van der Waals surface area contributed by atoms with Gasteiger partial charge in [-0.2, -0.15) is 0 Å². The molecule has 2 rings (SSSR count). The predicted molar refractivity (Wildman–Crippen MR) is 89.8 cm³/mol. The highest BCUT2D eigenvalue weighted by Gasteiger charge is 2.37. The van der Waals surface area contributed by atoms with Crippen LogP contribution in [-0.2, 0) is 9.53 Å². The monoisotopic (exact) mass is 344 g/mol. The van der Waals surface area contributed by atoms with Crippen molar-refractivity contribution in [2.45, 2.75) is 32.2 Å². The minimum Gasteiger partial charge on any atom is -0.469 e. The molecule has 0 bridgehead atoms. The molecule has 1 aromatic rings. The smallest absolute Gasteiger partial charge is 0.305 e. The van der Waals surface area contributed by atoms with Crippen LogP contribution in [0.1, 0.15) is 47.4 Å². The zero-order chi connectivity index (χ0) is 18.6. The van der Waals surface area contributed by atoms with E-state index >= 15 is 0 Å². The van der Waals surface area contributed by atoms with Gasteiger partial charge in [-0.05, 0) is 30.0 Å². The fraction of sp³-hybridized carbons (Fsp3) is 0.471. The van der Waals surface area contributed by atoms with Gasteiger partial charge in [-0.1, -0.05) is 31.1 Å². The summed E-state index contributed by atoms with van der Waals surface area (Å²) in [5.74, 6) is -1.58. The number of imide groups is 1. The predicted octanol–water partition coefficient (Wildman–Crippen LogP) is 2.94. The Morgan fingerprint density at radius 1 is 1.28 bits per heavy atom. The van der Waals surface area contributed by atoms with Crippen molar-refractivity contribution in [3.63, 3.8) is 0 Å². The number of carbonyl (C=O) groups excluding carboxylic acids is 3. The number of amides is 2. The number of benzene rings is 1. The Kier molecular flexibility index (Phi) is 5.44. The lowest BCUT2D eigenvalue weighted by molar-refractivity contribution is -0.142. The number of azide groups is 1. The van der Waals surface area contributed by atoms with E-state index in [0.717, 1.165) is 4.90 Å². The summed E-state index contributed by atoms with van der Waals surface area (Å²) in [6.07, 6.45) is 0.355. The molecule has 1 aliphatic heterocycles. The van der Waals surface area contributed by atoms with Gasteiger partial charge in [0.2, 0.25) is 0 Å². The van der Waals surface area contributed by atoms with Crippen LogP contribution in [0.15, 0.2) is 29.4 Å². The van der Waals surface area contributed by atoms with Crippen molar-refractivity contribution in [1.82, 2.24) is 4.90 Å². The lowest BCUT2D eigenvalue weighted by atomic mass is 9.88. The van der Waals surface area contributed by atoms with E-state index in [4.69, 9.17) is 10.3 Å². The first-order chi connectivity index (χ1) is 11.8. The maximum absolute atomic E-state index is 12.5. The summed E-state index contributed by atoms with van der Waals surface area (Å²) in [6.45, 7) is 3.53. The molecule has 0 spiro atoms. The minimum absolute atomic E-state index is 0.0221. The van der Waals surface area contributed by atoms with Crippen molar-refractivity contribution in [3.05, 3.63) is 45.8 Å². The number of methoxy groups -OCH3 is 1. The number of ether oxygens (including phenoxy) is 1. The quantitative estimate of drug-likeness (QED) is 0.249. The number of hydrogen-bond donors (Lipinski definition) is 0. The number of fused-ring (bicyclic) bond motifs is 1. The number of nitrogens with zero attached hydrogens (tertiary/aromatic N) is 4. The molecule has 0 aliphatic carbocycles. The zero-order valence-electron chi connectivity index (χ0n) is 14.4. The van der Waals surface area contributed by atoms with Gasteiger partial charge in [-0.3, -0.25) is 19.3 Å². The molecule has 0 radical (unpaired) electrons. The van der Waals surface area contributed by atoms with Crippen LogP contribution in [0.25, 0.3) is 10.4 Å². The fourth-order valence-electron chi connectivity index (χ4n) is 3.05. The van der Waals surface area contributed by atoms with Crippen LogP contribution in [0.4, 0.5) is 0 Å². The van der Waals surface area contributed by atoms with Gasteiger partial charge in [0.25, 0.3) is 11.8 Å². The third kappa shape index (κ3) is 4.16. The van der Waals surface area contributed by atoms with E-state index in [0.29, 0.717) is 17.5 Å². The van der Waals surface area contributed by atoms with Crippen molar-refractivity contribution >= 4 is 17.8 Å². The van der Waals surface area contributed by atoms with Crippen LogP contribution in [-0.4, -0.2) is 41.9 Å². The second-order valence-corrected chi connectivity index (χ2v) is 6.62. The minimum atomic E-state index is -0.758. The Labute approximate surface area is 145 Å². The van der Waals surface area contributed by atoms with Crippen LogP contribution in [0, 0.1) is 5.92 Å². The molecular formula is C17H20N4O4. The van der Waals surface area contributed by atoms with Gasteiger partial charge >= 0.3 is 5.97 Å². The summed E-state index contributed by atoms with van der Waals surface area (Å²) in [4.78, 5) is 40.7. The third-order valence-electron chi connectivity index (χ3n) is 4.11. The molecule has 1 atom stereocenters. The Hall–Kier alpha value is -2.86. The summed E-state index contributed by atoms with van der Waals surface area (Å²) in [5.41, 5.74) is 8.64. The standard InChI is InChI=1S/C17H20N4O4/c1-17(2,19-20-18)9-11(8-14(22)25-3)10-21-15(23)12-6-4-5-7-13(12)16(21)24/h4-7,11H,8-10H2,1-3H3. The number of rotatable bonds is 7. The highest BCUT2D eigenvalue weighted by Crippen LogP contribution is 2.28. The lowest BCUT2D eigenvalue weighted by Gasteiger charge is -2.27. The second-order valence-electron chi connectivity index (χ2n) is 6.62. The largest absolute Gasteiger partial charge is 0.469 e. The lowest BCUT2D eigenvalue weighted by Crippen LogP contribution is -2.37. The first kappa shape index (κ1) is 18.5. The second kappa shape index (κ2) is 7.36. The van der Waals surface area contributed by atoms with Crippen LogP contribution in [0.2, 0.25) is 0 Å². The van der Waals surface area contributed by atoms with Crippen LogP contribution < -0.4 is 0 Å². The van der Waals surface area contributed by atoms with Gasteiger partial charge in [0.1, 0.15) is 0 Å². The number of carbonyl (C=O) groups is 3. The van der Waals surface area contributed by atoms with Crippen molar-refractivity contribution < 1.29 is 19.1 Å². The summed E-state index contributed by atoms with van der Waals surface area (Å²) in [7, 11) is 1.28. The zero-order valence-corrected chi connectivity index (χ0v) is 14.4. The molecule has 1 heterocycles. The molecule has 2 amide bonds. The van der Waals surface area contributed by atoms with E-state index in [1.54, 1.807) is 38.1 Å². The van der Waals surface area contributed by atoms with E-state index in [2.05, 4.69) is 10.0 Å².